The van der Waals surface area contributed by atoms with E-state index >= 15 is 0 Å². The Kier molecular flexibility index (Phi) is 4.80. The molecule has 3 nitrogen and oxygen atoms in total. The predicted molar refractivity (Wildman–Crippen MR) is 67.5 cm³/mol. The smallest absolute Gasteiger partial charge is 0.148 e. The topological polar surface area (TPSA) is 29.0 Å². The first kappa shape index (κ1) is 12.7. The third kappa shape index (κ3) is 2.82. The number of hydrogen-bond donors (Lipinski definition) is 0. The molecule has 1 heterocycles. The lowest BCUT2D eigenvalue weighted by atomic mass is 10.2. The molecular weight excluding hydrogens is 277 g/mol. The van der Waals surface area contributed by atoms with Gasteiger partial charge < -0.3 is 4.90 Å². The Bertz CT molecular complexity index is 332. The first-order chi connectivity index (χ1) is 7.11. The van der Waals surface area contributed by atoms with Gasteiger partial charge in [-0.05, 0) is 36.2 Å². The molecule has 84 valence electrons. The van der Waals surface area contributed by atoms with Gasteiger partial charge in [-0.3, -0.25) is 0 Å². The standard InChI is InChI=1S/C10H15BrClN3/c1-4-7(3)15(5-2)10-8(11)9(12)13-6-14-10/h6-7H,4-5H2,1-3H3. The van der Waals surface area contributed by atoms with Crippen LogP contribution in [-0.2, 0) is 0 Å². The Balaban J connectivity index is 3.07. The molecule has 1 aromatic heterocycles. The van der Waals surface area contributed by atoms with Crippen LogP contribution in [0, 0.1) is 0 Å². The first-order valence-electron chi connectivity index (χ1n) is 5.04. The van der Waals surface area contributed by atoms with Crippen molar-refractivity contribution in [2.24, 2.45) is 0 Å². The van der Waals surface area contributed by atoms with Crippen LogP contribution in [0.25, 0.3) is 0 Å². The number of nitrogens with zero attached hydrogens (tertiary/aromatic N) is 3. The van der Waals surface area contributed by atoms with Crippen LogP contribution in [0.3, 0.4) is 0 Å². The molecule has 0 aliphatic heterocycles. The summed E-state index contributed by atoms with van der Waals surface area (Å²) in [7, 11) is 0. The lowest BCUT2D eigenvalue weighted by Crippen LogP contribution is -2.33. The maximum absolute atomic E-state index is 5.94. The molecule has 15 heavy (non-hydrogen) atoms. The summed E-state index contributed by atoms with van der Waals surface area (Å²) < 4.78 is 0.772. The zero-order valence-corrected chi connectivity index (χ0v) is 11.5. The second-order valence-electron chi connectivity index (χ2n) is 3.35. The third-order valence-electron chi connectivity index (χ3n) is 2.46. The minimum atomic E-state index is 0.442. The van der Waals surface area contributed by atoms with E-state index in [9.17, 15) is 0 Å². The van der Waals surface area contributed by atoms with E-state index in [1.165, 1.54) is 6.33 Å². The maximum atomic E-state index is 5.94. The average molecular weight is 293 g/mol. The Morgan fingerprint density at radius 1 is 1.47 bits per heavy atom. The van der Waals surface area contributed by atoms with Crippen LogP contribution in [0.4, 0.5) is 5.82 Å². The second kappa shape index (κ2) is 5.66. The van der Waals surface area contributed by atoms with Crippen molar-refractivity contribution >= 4 is 33.3 Å². The Labute approximate surface area is 104 Å². The minimum absolute atomic E-state index is 0.442. The van der Waals surface area contributed by atoms with Gasteiger partial charge in [0.25, 0.3) is 0 Å². The average Bonchev–Trinajstić information content (AvgIpc) is 2.24. The van der Waals surface area contributed by atoms with Gasteiger partial charge in [-0.2, -0.15) is 0 Å². The van der Waals surface area contributed by atoms with Crippen molar-refractivity contribution in [2.75, 3.05) is 11.4 Å². The van der Waals surface area contributed by atoms with Crippen LogP contribution >= 0.6 is 27.5 Å². The fourth-order valence-electron chi connectivity index (χ4n) is 1.43. The zero-order chi connectivity index (χ0) is 11.4. The highest BCUT2D eigenvalue weighted by Gasteiger charge is 2.17. The van der Waals surface area contributed by atoms with E-state index in [-0.39, 0.29) is 0 Å². The highest BCUT2D eigenvalue weighted by Crippen LogP contribution is 2.30. The van der Waals surface area contributed by atoms with Gasteiger partial charge in [-0.15, -0.1) is 0 Å². The highest BCUT2D eigenvalue weighted by atomic mass is 79.9. The van der Waals surface area contributed by atoms with Crippen molar-refractivity contribution in [3.8, 4) is 0 Å². The fourth-order valence-corrected chi connectivity index (χ4v) is 1.99. The SMILES string of the molecule is CCC(C)N(CC)c1ncnc(Cl)c1Br. The van der Waals surface area contributed by atoms with Gasteiger partial charge in [0.05, 0.1) is 4.47 Å². The van der Waals surface area contributed by atoms with Crippen molar-refractivity contribution < 1.29 is 0 Å². The number of rotatable bonds is 4. The first-order valence-corrected chi connectivity index (χ1v) is 6.21. The van der Waals surface area contributed by atoms with Crippen LogP contribution in [0.1, 0.15) is 27.2 Å². The van der Waals surface area contributed by atoms with Gasteiger partial charge in [-0.25, -0.2) is 9.97 Å². The second-order valence-corrected chi connectivity index (χ2v) is 4.50. The molecule has 0 saturated carbocycles. The van der Waals surface area contributed by atoms with Crippen molar-refractivity contribution in [3.63, 3.8) is 0 Å². The van der Waals surface area contributed by atoms with Crippen LogP contribution in [0.2, 0.25) is 5.15 Å². The van der Waals surface area contributed by atoms with E-state index in [1.54, 1.807) is 0 Å². The Hall–Kier alpha value is -0.350. The normalized spacial score (nSPS) is 12.6. The molecule has 0 saturated heterocycles. The van der Waals surface area contributed by atoms with E-state index in [4.69, 9.17) is 11.6 Å². The number of hydrogen-bond acceptors (Lipinski definition) is 3. The van der Waals surface area contributed by atoms with E-state index in [1.807, 2.05) is 0 Å². The van der Waals surface area contributed by atoms with Crippen molar-refractivity contribution in [2.45, 2.75) is 33.2 Å². The monoisotopic (exact) mass is 291 g/mol. The molecule has 0 aliphatic rings. The molecule has 0 spiro atoms. The molecular formula is C10H15BrClN3. The summed E-state index contributed by atoms with van der Waals surface area (Å²) in [4.78, 5) is 10.4. The highest BCUT2D eigenvalue weighted by molar-refractivity contribution is 9.10. The van der Waals surface area contributed by atoms with Crippen LogP contribution in [0.15, 0.2) is 10.8 Å². The molecule has 0 amide bonds. The van der Waals surface area contributed by atoms with Gasteiger partial charge in [0.1, 0.15) is 17.3 Å². The molecule has 1 aromatic rings. The van der Waals surface area contributed by atoms with Crippen LogP contribution in [0.5, 0.6) is 0 Å². The summed E-state index contributed by atoms with van der Waals surface area (Å²) in [5.74, 6) is 0.867. The van der Waals surface area contributed by atoms with Crippen molar-refractivity contribution in [1.29, 1.82) is 0 Å². The maximum Gasteiger partial charge on any atom is 0.148 e. The zero-order valence-electron chi connectivity index (χ0n) is 9.17. The van der Waals surface area contributed by atoms with Gasteiger partial charge in [0, 0.05) is 12.6 Å². The Morgan fingerprint density at radius 2 is 2.13 bits per heavy atom. The fraction of sp³-hybridized carbons (Fsp3) is 0.600. The largest absolute Gasteiger partial charge is 0.353 e. The molecule has 1 rings (SSSR count). The molecule has 5 heteroatoms. The summed E-state index contributed by atoms with van der Waals surface area (Å²) >= 11 is 9.36. The molecule has 0 aliphatic carbocycles. The van der Waals surface area contributed by atoms with Gasteiger partial charge in [0.2, 0.25) is 0 Å². The van der Waals surface area contributed by atoms with Gasteiger partial charge >= 0.3 is 0 Å². The van der Waals surface area contributed by atoms with Gasteiger partial charge in [-0.1, -0.05) is 18.5 Å². The summed E-state index contributed by atoms with van der Waals surface area (Å²) in [6.45, 7) is 7.34. The van der Waals surface area contributed by atoms with Crippen molar-refractivity contribution in [1.82, 2.24) is 9.97 Å². The van der Waals surface area contributed by atoms with E-state index in [2.05, 4.69) is 51.6 Å². The minimum Gasteiger partial charge on any atom is -0.353 e. The summed E-state index contributed by atoms with van der Waals surface area (Å²) in [5, 5.41) is 0.460. The number of halogens is 2. The third-order valence-corrected chi connectivity index (χ3v) is 3.71. The van der Waals surface area contributed by atoms with Crippen LogP contribution in [-0.4, -0.2) is 22.6 Å². The Morgan fingerprint density at radius 3 is 2.67 bits per heavy atom. The molecule has 1 unspecified atom stereocenters. The van der Waals surface area contributed by atoms with Gasteiger partial charge in [0.15, 0.2) is 0 Å². The molecule has 0 radical (unpaired) electrons. The molecule has 0 bridgehead atoms. The molecule has 0 aromatic carbocycles. The predicted octanol–water partition coefficient (Wildman–Crippen LogP) is 3.52. The quantitative estimate of drug-likeness (QED) is 0.795. The van der Waals surface area contributed by atoms with Crippen LogP contribution < -0.4 is 4.90 Å². The van der Waals surface area contributed by atoms with E-state index in [0.29, 0.717) is 11.2 Å². The summed E-state index contributed by atoms with van der Waals surface area (Å²) in [5.41, 5.74) is 0. The lowest BCUT2D eigenvalue weighted by Gasteiger charge is -2.29. The molecule has 0 fully saturated rings. The summed E-state index contributed by atoms with van der Waals surface area (Å²) in [6, 6.07) is 0.442. The van der Waals surface area contributed by atoms with E-state index < -0.39 is 0 Å². The lowest BCUT2D eigenvalue weighted by molar-refractivity contribution is 0.621. The number of aromatic nitrogens is 2. The molecule has 1 atom stereocenters. The molecule has 0 N–H and O–H groups in total. The van der Waals surface area contributed by atoms with Crippen molar-refractivity contribution in [3.05, 3.63) is 16.0 Å². The van der Waals surface area contributed by atoms with E-state index in [0.717, 1.165) is 23.3 Å². The summed E-state index contributed by atoms with van der Waals surface area (Å²) in [6.07, 6.45) is 2.56. The number of anilines is 1.